The van der Waals surface area contributed by atoms with Gasteiger partial charge >= 0.3 is 0 Å². The number of halogens is 1. The Kier molecular flexibility index (Phi) is 2.11. The molecule has 0 nitrogen and oxygen atoms in total. The van der Waals surface area contributed by atoms with Crippen LogP contribution in [0.25, 0.3) is 10.4 Å². The Morgan fingerprint density at radius 2 is 2.00 bits per heavy atom. The molecule has 2 rings (SSSR count). The third-order valence-electron chi connectivity index (χ3n) is 1.40. The van der Waals surface area contributed by atoms with Gasteiger partial charge < -0.3 is 0 Å². The van der Waals surface area contributed by atoms with Gasteiger partial charge in [0, 0.05) is 10.4 Å². The van der Waals surface area contributed by atoms with Crippen molar-refractivity contribution in [1.82, 2.24) is 0 Å². The Morgan fingerprint density at radius 1 is 1.09 bits per heavy atom. The second kappa shape index (κ2) is 3.09. The molecule has 0 aliphatic carbocycles. The maximum Gasteiger partial charge on any atom is 0.0784 e. The van der Waals surface area contributed by atoms with Crippen molar-refractivity contribution in [3.05, 3.63) is 32.7 Å². The van der Waals surface area contributed by atoms with E-state index in [1.54, 1.807) is 22.7 Å². The zero-order chi connectivity index (χ0) is 7.68. The van der Waals surface area contributed by atoms with Crippen molar-refractivity contribution < 1.29 is 0 Å². The van der Waals surface area contributed by atoms with Crippen LogP contribution in [-0.4, -0.2) is 0 Å². The van der Waals surface area contributed by atoms with Crippen LogP contribution >= 0.6 is 38.6 Å². The molecule has 11 heavy (non-hydrogen) atoms. The first-order valence-corrected chi connectivity index (χ1v) is 5.70. The van der Waals surface area contributed by atoms with Crippen LogP contribution in [0.1, 0.15) is 0 Å². The fourth-order valence-electron chi connectivity index (χ4n) is 0.902. The van der Waals surface area contributed by atoms with E-state index in [1.807, 2.05) is 0 Å². The van der Waals surface area contributed by atoms with E-state index in [4.69, 9.17) is 0 Å². The van der Waals surface area contributed by atoms with Crippen LogP contribution < -0.4 is 0 Å². The highest BCUT2D eigenvalue weighted by Crippen LogP contribution is 2.35. The molecule has 0 aliphatic heterocycles. The molecule has 0 spiro atoms. The molecule has 2 aromatic heterocycles. The lowest BCUT2D eigenvalue weighted by atomic mass is 10.3. The molecule has 0 aromatic carbocycles. The van der Waals surface area contributed by atoms with Crippen molar-refractivity contribution in [1.29, 1.82) is 0 Å². The van der Waals surface area contributed by atoms with E-state index in [9.17, 15) is 0 Å². The summed E-state index contributed by atoms with van der Waals surface area (Å²) in [5.41, 5.74) is 1.31. The predicted molar refractivity (Wildman–Crippen MR) is 55.3 cm³/mol. The molecule has 0 atom stereocenters. The van der Waals surface area contributed by atoms with Crippen molar-refractivity contribution in [3.8, 4) is 10.4 Å². The van der Waals surface area contributed by atoms with Gasteiger partial charge in [-0.2, -0.15) is 0 Å². The normalized spacial score (nSPS) is 10.3. The van der Waals surface area contributed by atoms with Crippen molar-refractivity contribution in [3.63, 3.8) is 0 Å². The standard InChI is InChI=1S/C8H5BrS2/c9-8-6(3-5-11-8)7-2-1-4-10-7/h1-5H. The minimum absolute atomic E-state index is 1.22. The third-order valence-corrected chi connectivity index (χ3v) is 3.99. The average Bonchev–Trinajstić information content (AvgIpc) is 2.55. The first-order chi connectivity index (χ1) is 5.38. The molecule has 0 fully saturated rings. The second-order valence-corrected chi connectivity index (χ2v) is 5.27. The van der Waals surface area contributed by atoms with Crippen molar-refractivity contribution >= 4 is 38.6 Å². The smallest absolute Gasteiger partial charge is 0.0784 e. The number of rotatable bonds is 1. The van der Waals surface area contributed by atoms with Gasteiger partial charge in [0.2, 0.25) is 0 Å². The average molecular weight is 245 g/mol. The fraction of sp³-hybridized carbons (Fsp3) is 0. The SMILES string of the molecule is Brc1sccc1-c1cccs1. The Balaban J connectivity index is 2.53. The topological polar surface area (TPSA) is 0 Å². The minimum atomic E-state index is 1.22. The highest BCUT2D eigenvalue weighted by atomic mass is 79.9. The van der Waals surface area contributed by atoms with Crippen LogP contribution in [0.2, 0.25) is 0 Å². The summed E-state index contributed by atoms with van der Waals surface area (Å²) in [7, 11) is 0. The van der Waals surface area contributed by atoms with Crippen LogP contribution in [-0.2, 0) is 0 Å². The van der Waals surface area contributed by atoms with Gasteiger partial charge in [-0.3, -0.25) is 0 Å². The van der Waals surface area contributed by atoms with E-state index < -0.39 is 0 Å². The van der Waals surface area contributed by atoms with Crippen LogP contribution in [0, 0.1) is 0 Å². The van der Waals surface area contributed by atoms with Gasteiger partial charge in [0.1, 0.15) is 0 Å². The van der Waals surface area contributed by atoms with Gasteiger partial charge in [0.05, 0.1) is 3.79 Å². The van der Waals surface area contributed by atoms with Gasteiger partial charge in [-0.25, -0.2) is 0 Å². The monoisotopic (exact) mass is 244 g/mol. The maximum absolute atomic E-state index is 3.51. The van der Waals surface area contributed by atoms with Crippen molar-refractivity contribution in [2.75, 3.05) is 0 Å². The maximum atomic E-state index is 3.51. The lowest BCUT2D eigenvalue weighted by Gasteiger charge is -1.90. The molecular weight excluding hydrogens is 240 g/mol. The van der Waals surface area contributed by atoms with Gasteiger partial charge in [0.25, 0.3) is 0 Å². The highest BCUT2D eigenvalue weighted by molar-refractivity contribution is 9.11. The Labute approximate surface area is 81.6 Å². The molecule has 0 radical (unpaired) electrons. The summed E-state index contributed by atoms with van der Waals surface area (Å²) in [5, 5.41) is 4.19. The van der Waals surface area contributed by atoms with Gasteiger partial charge in [0.15, 0.2) is 0 Å². The zero-order valence-electron chi connectivity index (χ0n) is 5.58. The molecule has 2 aromatic rings. The molecule has 0 unspecified atom stereocenters. The second-order valence-electron chi connectivity index (χ2n) is 2.09. The summed E-state index contributed by atoms with van der Waals surface area (Å²) in [5.74, 6) is 0. The third kappa shape index (κ3) is 1.41. The highest BCUT2D eigenvalue weighted by Gasteiger charge is 2.03. The van der Waals surface area contributed by atoms with Gasteiger partial charge in [-0.1, -0.05) is 6.07 Å². The summed E-state index contributed by atoms with van der Waals surface area (Å²) in [6, 6.07) is 6.35. The lowest BCUT2D eigenvalue weighted by molar-refractivity contribution is 1.86. The molecule has 56 valence electrons. The number of hydrogen-bond donors (Lipinski definition) is 0. The Morgan fingerprint density at radius 3 is 2.55 bits per heavy atom. The Bertz CT molecular complexity index is 335. The molecule has 3 heteroatoms. The zero-order valence-corrected chi connectivity index (χ0v) is 8.80. The van der Waals surface area contributed by atoms with Crippen LogP contribution in [0.4, 0.5) is 0 Å². The molecule has 0 saturated heterocycles. The first kappa shape index (κ1) is 7.53. The molecule has 0 N–H and O–H groups in total. The molecule has 0 aliphatic rings. The summed E-state index contributed by atoms with van der Waals surface area (Å²) < 4.78 is 1.22. The molecule has 0 amide bonds. The van der Waals surface area contributed by atoms with E-state index in [2.05, 4.69) is 44.9 Å². The van der Waals surface area contributed by atoms with Crippen LogP contribution in [0.15, 0.2) is 32.7 Å². The molecule has 0 bridgehead atoms. The summed E-state index contributed by atoms with van der Waals surface area (Å²) >= 11 is 7.01. The largest absolute Gasteiger partial charge is 0.144 e. The van der Waals surface area contributed by atoms with E-state index >= 15 is 0 Å². The molecule has 2 heterocycles. The van der Waals surface area contributed by atoms with E-state index in [0.717, 1.165) is 0 Å². The lowest BCUT2D eigenvalue weighted by Crippen LogP contribution is -1.62. The first-order valence-electron chi connectivity index (χ1n) is 3.15. The summed E-state index contributed by atoms with van der Waals surface area (Å²) in [6.45, 7) is 0. The van der Waals surface area contributed by atoms with E-state index in [-0.39, 0.29) is 0 Å². The summed E-state index contributed by atoms with van der Waals surface area (Å²) in [6.07, 6.45) is 0. The molecular formula is C8H5BrS2. The summed E-state index contributed by atoms with van der Waals surface area (Å²) in [4.78, 5) is 1.33. The quantitative estimate of drug-likeness (QED) is 0.704. The predicted octanol–water partition coefficient (Wildman–Crippen LogP) is 4.24. The number of hydrogen-bond acceptors (Lipinski definition) is 2. The van der Waals surface area contributed by atoms with Gasteiger partial charge in [-0.05, 0) is 38.8 Å². The van der Waals surface area contributed by atoms with Crippen molar-refractivity contribution in [2.45, 2.75) is 0 Å². The van der Waals surface area contributed by atoms with Gasteiger partial charge in [-0.15, -0.1) is 22.7 Å². The minimum Gasteiger partial charge on any atom is -0.144 e. The van der Waals surface area contributed by atoms with Crippen LogP contribution in [0.3, 0.4) is 0 Å². The molecule has 0 saturated carbocycles. The van der Waals surface area contributed by atoms with Crippen LogP contribution in [0.5, 0.6) is 0 Å². The Hall–Kier alpha value is -0.120. The number of thiophene rings is 2. The van der Waals surface area contributed by atoms with E-state index in [0.29, 0.717) is 0 Å². The van der Waals surface area contributed by atoms with E-state index in [1.165, 1.54) is 14.2 Å². The fourth-order valence-corrected chi connectivity index (χ4v) is 3.15. The van der Waals surface area contributed by atoms with Crippen molar-refractivity contribution in [2.24, 2.45) is 0 Å².